The Hall–Kier alpha value is -2.10. The van der Waals surface area contributed by atoms with Crippen molar-refractivity contribution >= 4 is 16.5 Å². The Kier molecular flexibility index (Phi) is 3.45. The van der Waals surface area contributed by atoms with Crippen LogP contribution in [-0.4, -0.2) is 48.3 Å². The molecule has 2 atom stereocenters. The summed E-state index contributed by atoms with van der Waals surface area (Å²) in [5, 5.41) is 10.1. The van der Waals surface area contributed by atoms with Gasteiger partial charge in [0.2, 0.25) is 0 Å². The highest BCUT2D eigenvalue weighted by Crippen LogP contribution is 2.34. The lowest BCUT2D eigenvalue weighted by atomic mass is 10.1. The van der Waals surface area contributed by atoms with Gasteiger partial charge in [0.15, 0.2) is 11.3 Å². The molecule has 2 aromatic rings. The fraction of sp³-hybridized carbons (Fsp3) is 0.375. The molecular formula is C16H16N4OS. The third-order valence-corrected chi connectivity index (χ3v) is 5.32. The van der Waals surface area contributed by atoms with E-state index in [2.05, 4.69) is 28.2 Å². The van der Waals surface area contributed by atoms with E-state index >= 15 is 0 Å². The van der Waals surface area contributed by atoms with Crippen LogP contribution in [0.2, 0.25) is 0 Å². The van der Waals surface area contributed by atoms with Crippen LogP contribution in [0.3, 0.4) is 0 Å². The molecule has 0 N–H and O–H groups in total. The molecule has 0 spiro atoms. The average molecular weight is 312 g/mol. The normalized spacial score (nSPS) is 24.1. The minimum atomic E-state index is 0.109. The molecule has 6 heteroatoms. The number of nitrogens with zero attached hydrogens (tertiary/aromatic N) is 4. The van der Waals surface area contributed by atoms with Gasteiger partial charge in [-0.05, 0) is 5.56 Å². The zero-order chi connectivity index (χ0) is 14.9. The third kappa shape index (κ3) is 2.32. The predicted octanol–water partition coefficient (Wildman–Crippen LogP) is 2.18. The van der Waals surface area contributed by atoms with Crippen LogP contribution in [0.15, 0.2) is 36.5 Å². The van der Waals surface area contributed by atoms with E-state index < -0.39 is 0 Å². The smallest absolute Gasteiger partial charge is 0.186 e. The van der Waals surface area contributed by atoms with Gasteiger partial charge in [0, 0.05) is 12.7 Å². The minimum absolute atomic E-state index is 0.109. The second kappa shape index (κ2) is 5.59. The number of thiazole rings is 1. The molecule has 0 aliphatic carbocycles. The Bertz CT molecular complexity index is 696. The number of morpholine rings is 1. The number of nitriles is 1. The summed E-state index contributed by atoms with van der Waals surface area (Å²) in [5.41, 5.74) is 1.20. The number of rotatable bonds is 2. The van der Waals surface area contributed by atoms with Crippen molar-refractivity contribution < 1.29 is 4.74 Å². The highest BCUT2D eigenvalue weighted by atomic mass is 32.1. The van der Waals surface area contributed by atoms with Crippen LogP contribution in [0.4, 0.5) is 5.13 Å². The van der Waals surface area contributed by atoms with Crippen molar-refractivity contribution in [2.24, 2.45) is 0 Å². The zero-order valence-corrected chi connectivity index (χ0v) is 12.9. The lowest BCUT2D eigenvalue weighted by Crippen LogP contribution is -2.50. The molecule has 22 heavy (non-hydrogen) atoms. The lowest BCUT2D eigenvalue weighted by Gasteiger charge is -2.36. The van der Waals surface area contributed by atoms with Crippen LogP contribution in [0.25, 0.3) is 10.4 Å². The van der Waals surface area contributed by atoms with Crippen molar-refractivity contribution in [3.05, 3.63) is 36.5 Å². The third-order valence-electron chi connectivity index (χ3n) is 4.24. The second-order valence-corrected chi connectivity index (χ2v) is 6.56. The quantitative estimate of drug-likeness (QED) is 0.796. The van der Waals surface area contributed by atoms with Crippen molar-refractivity contribution in [3.8, 4) is 16.6 Å². The number of benzene rings is 1. The molecule has 3 heterocycles. The number of hydrogen-bond acceptors (Lipinski definition) is 6. The summed E-state index contributed by atoms with van der Waals surface area (Å²) in [6.45, 7) is 2.94. The van der Waals surface area contributed by atoms with Gasteiger partial charge in [-0.2, -0.15) is 5.26 Å². The van der Waals surface area contributed by atoms with E-state index in [4.69, 9.17) is 10.00 Å². The molecule has 112 valence electrons. The molecule has 0 saturated carbocycles. The molecule has 0 unspecified atom stereocenters. The summed E-state index contributed by atoms with van der Waals surface area (Å²) in [7, 11) is 0. The number of anilines is 1. The van der Waals surface area contributed by atoms with Crippen LogP contribution >= 0.6 is 11.3 Å². The standard InChI is InChI=1S/C16H16N4OS/c17-11-19-9-13-14(10-19)21-7-6-20(13)16-18-8-15(22-16)12-4-2-1-3-5-12/h1-5,8,13-14H,6-7,9-10H2/t13-,14+/m1/s1. The topological polar surface area (TPSA) is 52.4 Å². The zero-order valence-electron chi connectivity index (χ0n) is 12.1. The number of aromatic nitrogens is 1. The first-order chi connectivity index (χ1) is 10.8. The van der Waals surface area contributed by atoms with Gasteiger partial charge in [0.05, 0.1) is 36.7 Å². The molecule has 2 aliphatic rings. The van der Waals surface area contributed by atoms with E-state index in [1.807, 2.05) is 24.4 Å². The molecule has 2 aliphatic heterocycles. The summed E-state index contributed by atoms with van der Waals surface area (Å²) in [5.74, 6) is 0. The highest BCUT2D eigenvalue weighted by Gasteiger charge is 2.41. The lowest BCUT2D eigenvalue weighted by molar-refractivity contribution is 0.0326. The molecule has 5 nitrogen and oxygen atoms in total. The molecule has 1 aromatic carbocycles. The summed E-state index contributed by atoms with van der Waals surface area (Å²) < 4.78 is 5.82. The van der Waals surface area contributed by atoms with Gasteiger partial charge >= 0.3 is 0 Å². The van der Waals surface area contributed by atoms with Crippen LogP contribution < -0.4 is 4.90 Å². The monoisotopic (exact) mass is 312 g/mol. The second-order valence-electron chi connectivity index (χ2n) is 5.55. The molecule has 0 amide bonds. The van der Waals surface area contributed by atoms with Gasteiger partial charge in [-0.1, -0.05) is 41.7 Å². The first kappa shape index (κ1) is 13.6. The van der Waals surface area contributed by atoms with Crippen LogP contribution in [-0.2, 0) is 4.74 Å². The maximum atomic E-state index is 9.11. The largest absolute Gasteiger partial charge is 0.372 e. The summed E-state index contributed by atoms with van der Waals surface area (Å²) in [6.07, 6.45) is 4.28. The summed E-state index contributed by atoms with van der Waals surface area (Å²) in [4.78, 5) is 9.88. The minimum Gasteiger partial charge on any atom is -0.372 e. The molecular weight excluding hydrogens is 296 g/mol. The van der Waals surface area contributed by atoms with Crippen molar-refractivity contribution in [2.45, 2.75) is 12.1 Å². The first-order valence-corrected chi connectivity index (χ1v) is 8.21. The first-order valence-electron chi connectivity index (χ1n) is 7.39. The molecule has 0 bridgehead atoms. The molecule has 4 rings (SSSR count). The predicted molar refractivity (Wildman–Crippen MR) is 85.6 cm³/mol. The summed E-state index contributed by atoms with van der Waals surface area (Å²) >= 11 is 1.71. The van der Waals surface area contributed by atoms with Gasteiger partial charge in [-0.15, -0.1) is 0 Å². The van der Waals surface area contributed by atoms with Crippen LogP contribution in [0.5, 0.6) is 0 Å². The SMILES string of the molecule is N#CN1C[C@@H]2OCCN(c3ncc(-c4ccccc4)s3)[C@@H]2C1. The van der Waals surface area contributed by atoms with Crippen molar-refractivity contribution in [3.63, 3.8) is 0 Å². The number of hydrogen-bond donors (Lipinski definition) is 0. The van der Waals surface area contributed by atoms with E-state index in [9.17, 15) is 0 Å². The van der Waals surface area contributed by atoms with Gasteiger partial charge in [-0.25, -0.2) is 4.98 Å². The Morgan fingerprint density at radius 3 is 2.95 bits per heavy atom. The van der Waals surface area contributed by atoms with Gasteiger partial charge in [0.1, 0.15) is 0 Å². The van der Waals surface area contributed by atoms with E-state index in [1.165, 1.54) is 10.4 Å². The van der Waals surface area contributed by atoms with Gasteiger partial charge in [0.25, 0.3) is 0 Å². The highest BCUT2D eigenvalue weighted by molar-refractivity contribution is 7.18. The maximum absolute atomic E-state index is 9.11. The fourth-order valence-electron chi connectivity index (χ4n) is 3.14. The molecule has 0 radical (unpaired) electrons. The van der Waals surface area contributed by atoms with Crippen LogP contribution in [0, 0.1) is 11.5 Å². The Labute approximate surface area is 133 Å². The average Bonchev–Trinajstić information content (AvgIpc) is 3.22. The van der Waals surface area contributed by atoms with E-state index in [0.717, 1.165) is 18.2 Å². The molecule has 2 fully saturated rings. The number of likely N-dealkylation sites (tertiary alicyclic amines) is 1. The summed E-state index contributed by atoms with van der Waals surface area (Å²) in [6, 6.07) is 10.5. The van der Waals surface area contributed by atoms with Crippen LogP contribution in [0.1, 0.15) is 0 Å². The Morgan fingerprint density at radius 2 is 2.14 bits per heavy atom. The molecule has 2 saturated heterocycles. The fourth-order valence-corrected chi connectivity index (χ4v) is 4.15. The van der Waals surface area contributed by atoms with E-state index in [1.54, 1.807) is 16.2 Å². The maximum Gasteiger partial charge on any atom is 0.186 e. The van der Waals surface area contributed by atoms with E-state index in [-0.39, 0.29) is 12.1 Å². The van der Waals surface area contributed by atoms with Crippen molar-refractivity contribution in [2.75, 3.05) is 31.1 Å². The number of fused-ring (bicyclic) bond motifs is 1. The Morgan fingerprint density at radius 1 is 1.27 bits per heavy atom. The van der Waals surface area contributed by atoms with Crippen molar-refractivity contribution in [1.29, 1.82) is 5.26 Å². The van der Waals surface area contributed by atoms with Gasteiger partial charge in [-0.3, -0.25) is 0 Å². The molecule has 1 aromatic heterocycles. The van der Waals surface area contributed by atoms with Gasteiger partial charge < -0.3 is 14.5 Å². The number of ether oxygens (including phenoxy) is 1. The Balaban J connectivity index is 1.60. The van der Waals surface area contributed by atoms with E-state index in [0.29, 0.717) is 13.2 Å². The van der Waals surface area contributed by atoms with Crippen molar-refractivity contribution in [1.82, 2.24) is 9.88 Å².